The molecular formula is C18H21N5O3S. The van der Waals surface area contributed by atoms with Crippen molar-refractivity contribution in [2.24, 2.45) is 13.0 Å². The zero-order valence-corrected chi connectivity index (χ0v) is 16.0. The molecule has 0 spiro atoms. The highest BCUT2D eigenvalue weighted by Crippen LogP contribution is 2.36. The summed E-state index contributed by atoms with van der Waals surface area (Å²) in [5.41, 5.74) is 0.570. The highest BCUT2D eigenvalue weighted by Gasteiger charge is 2.36. The Morgan fingerprint density at radius 3 is 2.78 bits per heavy atom. The molecular weight excluding hydrogens is 366 g/mol. The number of anilines is 1. The van der Waals surface area contributed by atoms with Crippen LogP contribution in [0.15, 0.2) is 46.6 Å². The van der Waals surface area contributed by atoms with Gasteiger partial charge < -0.3 is 14.5 Å². The predicted molar refractivity (Wildman–Crippen MR) is 103 cm³/mol. The van der Waals surface area contributed by atoms with Crippen LogP contribution in [0.4, 0.5) is 5.82 Å². The molecule has 0 amide bonds. The number of hydrogen-bond donors (Lipinski definition) is 1. The minimum Gasteiger partial charge on any atom is -0.356 e. The van der Waals surface area contributed by atoms with Crippen LogP contribution in [0.5, 0.6) is 0 Å². The first-order chi connectivity index (χ1) is 12.8. The fourth-order valence-electron chi connectivity index (χ4n) is 3.62. The van der Waals surface area contributed by atoms with Crippen LogP contribution in [0, 0.1) is 5.92 Å². The van der Waals surface area contributed by atoms with E-state index in [0.29, 0.717) is 0 Å². The van der Waals surface area contributed by atoms with E-state index >= 15 is 0 Å². The van der Waals surface area contributed by atoms with E-state index in [1.807, 2.05) is 19.3 Å². The second-order valence-electron chi connectivity index (χ2n) is 7.13. The van der Waals surface area contributed by atoms with E-state index < -0.39 is 9.84 Å². The van der Waals surface area contributed by atoms with Crippen molar-refractivity contribution in [1.82, 2.24) is 19.5 Å². The fraction of sp³-hybridized carbons (Fsp3) is 0.389. The van der Waals surface area contributed by atoms with Crippen molar-refractivity contribution in [3.63, 3.8) is 0 Å². The summed E-state index contributed by atoms with van der Waals surface area (Å²) in [6.07, 6.45) is 6.34. The van der Waals surface area contributed by atoms with E-state index in [-0.39, 0.29) is 28.2 Å². The number of H-pyrrole nitrogens is 1. The third kappa shape index (κ3) is 3.23. The van der Waals surface area contributed by atoms with Crippen molar-refractivity contribution in [3.8, 4) is 0 Å². The van der Waals surface area contributed by atoms with Gasteiger partial charge in [-0.3, -0.25) is 4.79 Å². The molecule has 0 aliphatic heterocycles. The number of nitrogens with zero attached hydrogens (tertiary/aromatic N) is 4. The second kappa shape index (κ2) is 6.49. The monoisotopic (exact) mass is 387 g/mol. The maximum atomic E-state index is 12.6. The molecule has 1 fully saturated rings. The molecule has 3 heterocycles. The van der Waals surface area contributed by atoms with Gasteiger partial charge in [-0.2, -0.15) is 0 Å². The lowest BCUT2D eigenvalue weighted by molar-refractivity contribution is 0.282. The van der Waals surface area contributed by atoms with E-state index in [2.05, 4.69) is 19.9 Å². The van der Waals surface area contributed by atoms with Crippen molar-refractivity contribution in [1.29, 1.82) is 0 Å². The van der Waals surface area contributed by atoms with Crippen molar-refractivity contribution >= 4 is 26.7 Å². The summed E-state index contributed by atoms with van der Waals surface area (Å²) in [7, 11) is 0.130. The number of rotatable bonds is 5. The van der Waals surface area contributed by atoms with Crippen molar-refractivity contribution in [2.45, 2.75) is 23.8 Å². The smallest absolute Gasteiger partial charge is 0.250 e. The van der Waals surface area contributed by atoms with Crippen molar-refractivity contribution in [2.75, 3.05) is 17.7 Å². The molecule has 27 heavy (non-hydrogen) atoms. The summed E-state index contributed by atoms with van der Waals surface area (Å²) in [4.78, 5) is 25.4. The Balaban J connectivity index is 1.44. The average Bonchev–Trinajstić information content (AvgIpc) is 3.08. The molecule has 0 radical (unpaired) electrons. The molecule has 1 aliphatic rings. The van der Waals surface area contributed by atoms with Crippen LogP contribution in [0.3, 0.4) is 0 Å². The van der Waals surface area contributed by atoms with Crippen LogP contribution >= 0.6 is 0 Å². The van der Waals surface area contributed by atoms with Gasteiger partial charge in [0, 0.05) is 38.6 Å². The molecule has 1 saturated carbocycles. The van der Waals surface area contributed by atoms with Crippen LogP contribution in [0.25, 0.3) is 11.0 Å². The molecule has 0 saturated heterocycles. The van der Waals surface area contributed by atoms with Crippen LogP contribution in [-0.4, -0.2) is 46.8 Å². The first-order valence-electron chi connectivity index (χ1n) is 8.75. The number of aromatic amines is 1. The fourth-order valence-corrected chi connectivity index (χ4v) is 5.30. The molecule has 1 aliphatic carbocycles. The lowest BCUT2D eigenvalue weighted by Gasteiger charge is -2.41. The van der Waals surface area contributed by atoms with Gasteiger partial charge in [0.25, 0.3) is 0 Å². The van der Waals surface area contributed by atoms with Gasteiger partial charge >= 0.3 is 0 Å². The van der Waals surface area contributed by atoms with Crippen LogP contribution in [0.1, 0.15) is 12.8 Å². The van der Waals surface area contributed by atoms with Gasteiger partial charge in [-0.15, -0.1) is 0 Å². The third-order valence-electron chi connectivity index (χ3n) is 5.30. The Bertz CT molecular complexity index is 1150. The lowest BCUT2D eigenvalue weighted by atomic mass is 9.81. The normalized spacial score (nSPS) is 19.8. The summed E-state index contributed by atoms with van der Waals surface area (Å²) >= 11 is 0. The second-order valence-corrected chi connectivity index (χ2v) is 9.17. The third-order valence-corrected chi connectivity index (χ3v) is 7.17. The Kier molecular flexibility index (Phi) is 4.26. The number of pyridine rings is 1. The number of sulfone groups is 1. The maximum absolute atomic E-state index is 12.6. The van der Waals surface area contributed by atoms with Crippen molar-refractivity contribution in [3.05, 3.63) is 47.3 Å². The number of nitrogens with one attached hydrogen (secondary N) is 1. The Morgan fingerprint density at radius 1 is 1.26 bits per heavy atom. The van der Waals surface area contributed by atoms with Crippen LogP contribution < -0.4 is 10.5 Å². The first-order valence-corrected chi connectivity index (χ1v) is 10.4. The van der Waals surface area contributed by atoms with Crippen LogP contribution in [0.2, 0.25) is 0 Å². The zero-order chi connectivity index (χ0) is 19.2. The molecule has 0 bridgehead atoms. The van der Waals surface area contributed by atoms with Gasteiger partial charge in [-0.1, -0.05) is 0 Å². The molecule has 0 atom stereocenters. The van der Waals surface area contributed by atoms with E-state index in [1.54, 1.807) is 7.05 Å². The summed E-state index contributed by atoms with van der Waals surface area (Å²) in [5.74, 6) is 1.05. The highest BCUT2D eigenvalue weighted by molar-refractivity contribution is 7.91. The van der Waals surface area contributed by atoms with Gasteiger partial charge in [0.15, 0.2) is 9.84 Å². The predicted octanol–water partition coefficient (Wildman–Crippen LogP) is 1.35. The average molecular weight is 387 g/mol. The largest absolute Gasteiger partial charge is 0.356 e. The quantitative estimate of drug-likeness (QED) is 0.709. The summed E-state index contributed by atoms with van der Waals surface area (Å²) in [5, 5.41) is 0.960. The molecule has 142 valence electrons. The molecule has 8 nitrogen and oxygen atoms in total. The van der Waals surface area contributed by atoms with Crippen molar-refractivity contribution < 1.29 is 8.42 Å². The zero-order valence-electron chi connectivity index (χ0n) is 15.2. The van der Waals surface area contributed by atoms with Crippen LogP contribution in [-0.2, 0) is 16.9 Å². The Labute approximate surface area is 156 Å². The minimum absolute atomic E-state index is 0.0961. The maximum Gasteiger partial charge on any atom is 0.250 e. The molecule has 1 N–H and O–H groups in total. The number of fused-ring (bicyclic) bond motifs is 1. The number of aromatic nitrogens is 4. The summed E-state index contributed by atoms with van der Waals surface area (Å²) in [6, 6.07) is 4.88. The molecule has 4 rings (SSSR count). The van der Waals surface area contributed by atoms with Gasteiger partial charge in [-0.25, -0.2) is 18.4 Å². The molecule has 0 aromatic carbocycles. The van der Waals surface area contributed by atoms with Gasteiger partial charge in [-0.05, 0) is 30.9 Å². The standard InChI is InChI=1S/C18H21N5O3S/c1-22-9-14(3-4-16(22)24)27(25,26)10-12-7-13(8-12)23(2)18-15-5-6-19-17(15)20-11-21-18/h3-6,9,11-13H,7-8,10H2,1-2H3,(H,19,20,21). The topological polar surface area (TPSA) is 101 Å². The Morgan fingerprint density at radius 2 is 2.04 bits per heavy atom. The van der Waals surface area contributed by atoms with E-state index in [4.69, 9.17) is 0 Å². The summed E-state index contributed by atoms with van der Waals surface area (Å²) < 4.78 is 26.6. The SMILES string of the molecule is CN(c1ncnc2[nH]ccc12)C1CC(CS(=O)(=O)c2ccc(=O)n(C)c2)C1. The molecule has 0 unspecified atom stereocenters. The summed E-state index contributed by atoms with van der Waals surface area (Å²) in [6.45, 7) is 0. The van der Waals surface area contributed by atoms with Gasteiger partial charge in [0.2, 0.25) is 5.56 Å². The number of aryl methyl sites for hydroxylation is 1. The first kappa shape index (κ1) is 17.7. The minimum atomic E-state index is -3.41. The Hall–Kier alpha value is -2.68. The lowest BCUT2D eigenvalue weighted by Crippen LogP contribution is -2.45. The highest BCUT2D eigenvalue weighted by atomic mass is 32.2. The van der Waals surface area contributed by atoms with E-state index in [1.165, 1.54) is 29.2 Å². The molecule has 9 heteroatoms. The van der Waals surface area contributed by atoms with Gasteiger partial charge in [0.1, 0.15) is 17.8 Å². The van der Waals surface area contributed by atoms with E-state index in [0.717, 1.165) is 29.7 Å². The van der Waals surface area contributed by atoms with E-state index in [9.17, 15) is 13.2 Å². The molecule has 3 aromatic rings. The molecule has 3 aromatic heterocycles. The van der Waals surface area contributed by atoms with Gasteiger partial charge in [0.05, 0.1) is 16.0 Å². The number of hydrogen-bond acceptors (Lipinski definition) is 6.